The smallest absolute Gasteiger partial charge is 0.416 e. The Kier molecular flexibility index (Phi) is 7.88. The molecule has 1 saturated carbocycles. The summed E-state index contributed by atoms with van der Waals surface area (Å²) in [5.41, 5.74) is 0.438. The van der Waals surface area contributed by atoms with Crippen LogP contribution in [0.25, 0.3) is 0 Å². The van der Waals surface area contributed by atoms with E-state index in [1.54, 1.807) is 17.0 Å². The van der Waals surface area contributed by atoms with Crippen LogP contribution in [-0.2, 0) is 17.5 Å². The minimum atomic E-state index is -4.45. The lowest BCUT2D eigenvalue weighted by molar-refractivity contribution is -0.150. The van der Waals surface area contributed by atoms with Crippen molar-refractivity contribution in [2.45, 2.75) is 77.1 Å². The highest BCUT2D eigenvalue weighted by molar-refractivity contribution is 5.87. The number of hydrogen-bond donors (Lipinski definition) is 1. The predicted octanol–water partition coefficient (Wildman–Crippen LogP) is 6.55. The normalized spacial score (nSPS) is 25.8. The largest absolute Gasteiger partial charge is 0.478 e. The molecule has 5 rings (SSSR count). The highest BCUT2D eigenvalue weighted by atomic mass is 19.4. The Morgan fingerprint density at radius 1 is 1.07 bits per heavy atom. The third-order valence-corrected chi connectivity index (χ3v) is 9.35. The number of carboxylic acid groups (broad SMARTS) is 1. The maximum atomic E-state index is 14.0. The van der Waals surface area contributed by atoms with Crippen molar-refractivity contribution in [2.75, 3.05) is 19.8 Å². The van der Waals surface area contributed by atoms with Gasteiger partial charge in [-0.1, -0.05) is 26.0 Å². The third kappa shape index (κ3) is 5.57. The van der Waals surface area contributed by atoms with Crippen LogP contribution in [0.3, 0.4) is 0 Å². The van der Waals surface area contributed by atoms with Crippen molar-refractivity contribution < 1.29 is 32.6 Å². The Balaban J connectivity index is 1.27. The molecule has 0 bridgehead atoms. The summed E-state index contributed by atoms with van der Waals surface area (Å²) in [6.45, 7) is 6.09. The number of likely N-dealkylation sites (tertiary alicyclic amines) is 1. The number of aromatic carboxylic acids is 1. The number of amides is 1. The standard InChI is InChI=1S/C31H37F3N2O4/c1-20(2)30(29(39)36-18-24-16-25(31(32,33)34)8-9-27(24)40-19-36)12-10-26(17-30)35-13-4-7-21(11-14-35)22-5-3-6-23(15-22)28(37)38/h3,5-6,8-9,15-16,20-21,26H,4,7,10-14,17-19H2,1-2H3,(H,37,38)/t21-,26+,30-/m0/s1. The van der Waals surface area contributed by atoms with E-state index in [1.807, 2.05) is 12.1 Å². The molecule has 216 valence electrons. The second kappa shape index (κ2) is 11.1. The van der Waals surface area contributed by atoms with Crippen molar-refractivity contribution in [3.05, 3.63) is 64.7 Å². The molecule has 1 N–H and O–H groups in total. The summed E-state index contributed by atoms with van der Waals surface area (Å²) in [6.07, 6.45) is 0.817. The van der Waals surface area contributed by atoms with E-state index >= 15 is 0 Å². The van der Waals surface area contributed by atoms with E-state index < -0.39 is 23.1 Å². The molecule has 2 heterocycles. The van der Waals surface area contributed by atoms with Crippen LogP contribution in [-0.4, -0.2) is 52.6 Å². The van der Waals surface area contributed by atoms with Crippen LogP contribution in [0.2, 0.25) is 0 Å². The van der Waals surface area contributed by atoms with E-state index in [0.29, 0.717) is 29.2 Å². The molecule has 3 atom stereocenters. The van der Waals surface area contributed by atoms with Crippen molar-refractivity contribution in [1.82, 2.24) is 9.80 Å². The molecule has 2 aliphatic heterocycles. The molecule has 1 saturated heterocycles. The molecule has 0 aromatic heterocycles. The van der Waals surface area contributed by atoms with E-state index in [4.69, 9.17) is 4.74 Å². The predicted molar refractivity (Wildman–Crippen MR) is 144 cm³/mol. The summed E-state index contributed by atoms with van der Waals surface area (Å²) in [5, 5.41) is 9.38. The van der Waals surface area contributed by atoms with Gasteiger partial charge in [-0.25, -0.2) is 4.79 Å². The number of fused-ring (bicyclic) bond motifs is 1. The number of ether oxygens (including phenoxy) is 1. The molecular weight excluding hydrogens is 521 g/mol. The van der Waals surface area contributed by atoms with Gasteiger partial charge in [0.15, 0.2) is 6.73 Å². The first-order valence-corrected chi connectivity index (χ1v) is 14.2. The number of alkyl halides is 3. The molecule has 2 aromatic carbocycles. The molecule has 6 nitrogen and oxygen atoms in total. The van der Waals surface area contributed by atoms with Gasteiger partial charge in [-0.15, -0.1) is 0 Å². The Hall–Kier alpha value is -3.07. The summed E-state index contributed by atoms with van der Waals surface area (Å²) in [6, 6.07) is 10.9. The zero-order valence-corrected chi connectivity index (χ0v) is 23.0. The van der Waals surface area contributed by atoms with Crippen LogP contribution in [0, 0.1) is 11.3 Å². The van der Waals surface area contributed by atoms with Crippen LogP contribution < -0.4 is 4.74 Å². The van der Waals surface area contributed by atoms with E-state index in [2.05, 4.69) is 18.7 Å². The second-order valence-electron chi connectivity index (χ2n) is 11.9. The number of hydrogen-bond acceptors (Lipinski definition) is 4. The summed E-state index contributed by atoms with van der Waals surface area (Å²) < 4.78 is 45.6. The highest BCUT2D eigenvalue weighted by Gasteiger charge is 2.51. The Morgan fingerprint density at radius 3 is 2.60 bits per heavy atom. The van der Waals surface area contributed by atoms with Gasteiger partial charge < -0.3 is 19.6 Å². The van der Waals surface area contributed by atoms with Gasteiger partial charge in [-0.3, -0.25) is 4.79 Å². The average molecular weight is 559 g/mol. The van der Waals surface area contributed by atoms with Crippen LogP contribution in [0.5, 0.6) is 5.75 Å². The molecule has 3 aliphatic rings. The topological polar surface area (TPSA) is 70.1 Å². The summed E-state index contributed by atoms with van der Waals surface area (Å²) >= 11 is 0. The quantitative estimate of drug-likeness (QED) is 0.451. The molecule has 40 heavy (non-hydrogen) atoms. The fourth-order valence-corrected chi connectivity index (χ4v) is 6.93. The van der Waals surface area contributed by atoms with Gasteiger partial charge in [0.1, 0.15) is 5.75 Å². The minimum Gasteiger partial charge on any atom is -0.478 e. The Labute approximate surface area is 233 Å². The Morgan fingerprint density at radius 2 is 1.88 bits per heavy atom. The molecule has 0 radical (unpaired) electrons. The first-order valence-electron chi connectivity index (χ1n) is 14.2. The monoisotopic (exact) mass is 558 g/mol. The zero-order chi connectivity index (χ0) is 28.7. The van der Waals surface area contributed by atoms with Crippen molar-refractivity contribution in [1.29, 1.82) is 0 Å². The molecular formula is C31H37F3N2O4. The summed E-state index contributed by atoms with van der Waals surface area (Å²) in [4.78, 5) is 29.5. The maximum absolute atomic E-state index is 14.0. The number of rotatable bonds is 5. The fourth-order valence-electron chi connectivity index (χ4n) is 6.93. The molecule has 2 fully saturated rings. The maximum Gasteiger partial charge on any atom is 0.416 e. The van der Waals surface area contributed by atoms with Crippen LogP contribution in [0.15, 0.2) is 42.5 Å². The number of benzene rings is 2. The van der Waals surface area contributed by atoms with Gasteiger partial charge in [-0.05, 0) is 99.3 Å². The van der Waals surface area contributed by atoms with E-state index in [-0.39, 0.29) is 31.1 Å². The summed E-state index contributed by atoms with van der Waals surface area (Å²) in [7, 11) is 0. The lowest BCUT2D eigenvalue weighted by Gasteiger charge is -2.40. The average Bonchev–Trinajstić information content (AvgIpc) is 3.24. The molecule has 9 heteroatoms. The van der Waals surface area contributed by atoms with Crippen LogP contribution in [0.1, 0.15) is 85.3 Å². The van der Waals surface area contributed by atoms with E-state index in [1.165, 1.54) is 6.07 Å². The second-order valence-corrected chi connectivity index (χ2v) is 11.9. The fraction of sp³-hybridized carbons (Fsp3) is 0.548. The van der Waals surface area contributed by atoms with Gasteiger partial charge in [0.05, 0.1) is 23.1 Å². The van der Waals surface area contributed by atoms with Gasteiger partial charge >= 0.3 is 12.1 Å². The van der Waals surface area contributed by atoms with Crippen molar-refractivity contribution in [2.24, 2.45) is 11.3 Å². The molecule has 2 aromatic rings. The van der Waals surface area contributed by atoms with Crippen molar-refractivity contribution in [3.8, 4) is 5.75 Å². The molecule has 1 aliphatic carbocycles. The van der Waals surface area contributed by atoms with Gasteiger partial charge in [0.25, 0.3) is 0 Å². The highest BCUT2D eigenvalue weighted by Crippen LogP contribution is 2.48. The number of carboxylic acids is 1. The number of carbonyl (C=O) groups excluding carboxylic acids is 1. The van der Waals surface area contributed by atoms with Crippen LogP contribution >= 0.6 is 0 Å². The van der Waals surface area contributed by atoms with Gasteiger partial charge in [-0.2, -0.15) is 13.2 Å². The number of carbonyl (C=O) groups is 2. The van der Waals surface area contributed by atoms with Gasteiger partial charge in [0, 0.05) is 11.6 Å². The first-order chi connectivity index (χ1) is 19.0. The van der Waals surface area contributed by atoms with Crippen LogP contribution in [0.4, 0.5) is 13.2 Å². The van der Waals surface area contributed by atoms with E-state index in [9.17, 15) is 27.9 Å². The first kappa shape index (κ1) is 28.5. The number of halogens is 3. The van der Waals surface area contributed by atoms with Crippen molar-refractivity contribution >= 4 is 11.9 Å². The lowest BCUT2D eigenvalue weighted by Crippen LogP contribution is -2.49. The third-order valence-electron chi connectivity index (χ3n) is 9.35. The lowest BCUT2D eigenvalue weighted by atomic mass is 9.74. The molecule has 0 spiro atoms. The molecule has 1 amide bonds. The number of nitrogens with zero attached hydrogens (tertiary/aromatic N) is 2. The zero-order valence-electron chi connectivity index (χ0n) is 23.0. The van der Waals surface area contributed by atoms with Gasteiger partial charge in [0.2, 0.25) is 5.91 Å². The Bertz CT molecular complexity index is 1260. The minimum absolute atomic E-state index is 0.0359. The molecule has 0 unspecified atom stereocenters. The summed E-state index contributed by atoms with van der Waals surface area (Å²) in [5.74, 6) is -0.180. The SMILES string of the molecule is CC(C)[C@]1(C(=O)N2COc3ccc(C(F)(F)F)cc3C2)CC[C@@H](N2CCC[C@H](c3cccc(C(=O)O)c3)CC2)C1. The van der Waals surface area contributed by atoms with E-state index in [0.717, 1.165) is 62.9 Å². The van der Waals surface area contributed by atoms with Crippen molar-refractivity contribution in [3.63, 3.8) is 0 Å².